The Morgan fingerprint density at radius 2 is 2.14 bits per heavy atom. The standard InChI is InChI=1S/C10H22N2O2/c1-4-9(11)8-10(13)12(3)6-7-14-5-2/h9H,4-8,11H2,1-3H3. The predicted octanol–water partition coefficient (Wildman–Crippen LogP) is 0.609. The van der Waals surface area contributed by atoms with E-state index in [9.17, 15) is 4.79 Å². The number of rotatable bonds is 7. The number of carbonyl (C=O) groups excluding carboxylic acids is 1. The van der Waals surface area contributed by atoms with Crippen molar-refractivity contribution in [2.75, 3.05) is 26.8 Å². The van der Waals surface area contributed by atoms with Crippen molar-refractivity contribution in [3.8, 4) is 0 Å². The number of nitrogens with two attached hydrogens (primary N) is 1. The molecule has 4 heteroatoms. The normalized spacial score (nSPS) is 12.6. The lowest BCUT2D eigenvalue weighted by atomic mass is 10.1. The molecule has 0 saturated carbocycles. The Bertz CT molecular complexity index is 162. The van der Waals surface area contributed by atoms with E-state index in [4.69, 9.17) is 10.5 Å². The van der Waals surface area contributed by atoms with E-state index in [0.29, 0.717) is 26.2 Å². The first kappa shape index (κ1) is 13.4. The van der Waals surface area contributed by atoms with E-state index < -0.39 is 0 Å². The summed E-state index contributed by atoms with van der Waals surface area (Å²) in [5.41, 5.74) is 5.69. The minimum atomic E-state index is -0.0166. The molecule has 0 radical (unpaired) electrons. The number of hydrogen-bond acceptors (Lipinski definition) is 3. The first-order valence-electron chi connectivity index (χ1n) is 5.19. The Kier molecular flexibility index (Phi) is 7.42. The predicted molar refractivity (Wildman–Crippen MR) is 57.0 cm³/mol. The lowest BCUT2D eigenvalue weighted by Crippen LogP contribution is -2.34. The first-order valence-corrected chi connectivity index (χ1v) is 5.19. The van der Waals surface area contributed by atoms with Gasteiger partial charge in [-0.2, -0.15) is 0 Å². The van der Waals surface area contributed by atoms with E-state index in [1.807, 2.05) is 13.8 Å². The minimum Gasteiger partial charge on any atom is -0.380 e. The SMILES string of the molecule is CCOCCN(C)C(=O)CC(N)CC. The van der Waals surface area contributed by atoms with Gasteiger partial charge in [-0.25, -0.2) is 0 Å². The summed E-state index contributed by atoms with van der Waals surface area (Å²) in [6.45, 7) is 5.85. The molecule has 1 unspecified atom stereocenters. The van der Waals surface area contributed by atoms with Gasteiger partial charge in [-0.3, -0.25) is 4.79 Å². The molecule has 0 aromatic rings. The van der Waals surface area contributed by atoms with Crippen molar-refractivity contribution in [2.45, 2.75) is 32.7 Å². The number of carbonyl (C=O) groups is 1. The van der Waals surface area contributed by atoms with Gasteiger partial charge in [-0.05, 0) is 13.3 Å². The van der Waals surface area contributed by atoms with Gasteiger partial charge in [0.2, 0.25) is 5.91 Å². The highest BCUT2D eigenvalue weighted by Gasteiger charge is 2.11. The molecule has 0 aromatic carbocycles. The Hall–Kier alpha value is -0.610. The van der Waals surface area contributed by atoms with Crippen molar-refractivity contribution >= 4 is 5.91 Å². The number of nitrogens with zero attached hydrogens (tertiary/aromatic N) is 1. The zero-order valence-corrected chi connectivity index (χ0v) is 9.45. The molecule has 0 saturated heterocycles. The topological polar surface area (TPSA) is 55.6 Å². The summed E-state index contributed by atoms with van der Waals surface area (Å²) in [6.07, 6.45) is 1.27. The summed E-state index contributed by atoms with van der Waals surface area (Å²) in [5.74, 6) is 0.0963. The van der Waals surface area contributed by atoms with Crippen LogP contribution >= 0.6 is 0 Å². The molecule has 0 aromatic heterocycles. The highest BCUT2D eigenvalue weighted by atomic mass is 16.5. The lowest BCUT2D eigenvalue weighted by Gasteiger charge is -2.18. The molecule has 0 fully saturated rings. The zero-order chi connectivity index (χ0) is 11.0. The van der Waals surface area contributed by atoms with Crippen LogP contribution in [0.1, 0.15) is 26.7 Å². The van der Waals surface area contributed by atoms with E-state index in [0.717, 1.165) is 6.42 Å². The second-order valence-electron chi connectivity index (χ2n) is 3.38. The van der Waals surface area contributed by atoms with Gasteiger partial charge in [0.1, 0.15) is 0 Å². The van der Waals surface area contributed by atoms with E-state index in [1.165, 1.54) is 0 Å². The number of hydrogen-bond donors (Lipinski definition) is 1. The molecular weight excluding hydrogens is 180 g/mol. The van der Waals surface area contributed by atoms with E-state index in [1.54, 1.807) is 11.9 Å². The second kappa shape index (κ2) is 7.76. The van der Waals surface area contributed by atoms with Gasteiger partial charge in [-0.1, -0.05) is 6.92 Å². The highest BCUT2D eigenvalue weighted by Crippen LogP contribution is 1.97. The number of likely N-dealkylation sites (N-methyl/N-ethyl adjacent to an activating group) is 1. The molecule has 0 rings (SSSR count). The largest absolute Gasteiger partial charge is 0.380 e. The molecule has 84 valence electrons. The fourth-order valence-electron chi connectivity index (χ4n) is 0.995. The van der Waals surface area contributed by atoms with Crippen LogP contribution < -0.4 is 5.73 Å². The monoisotopic (exact) mass is 202 g/mol. The summed E-state index contributed by atoms with van der Waals surface area (Å²) >= 11 is 0. The lowest BCUT2D eigenvalue weighted by molar-refractivity contribution is -0.130. The van der Waals surface area contributed by atoms with Gasteiger partial charge in [0.05, 0.1) is 6.61 Å². The summed E-state index contributed by atoms with van der Waals surface area (Å²) in [6, 6.07) is -0.0166. The van der Waals surface area contributed by atoms with Gasteiger partial charge >= 0.3 is 0 Å². The molecule has 0 bridgehead atoms. The summed E-state index contributed by atoms with van der Waals surface area (Å²) in [7, 11) is 1.78. The van der Waals surface area contributed by atoms with Crippen LogP contribution in [0.2, 0.25) is 0 Å². The Morgan fingerprint density at radius 3 is 2.64 bits per heavy atom. The van der Waals surface area contributed by atoms with E-state index >= 15 is 0 Å². The van der Waals surface area contributed by atoms with Crippen LogP contribution in [0.5, 0.6) is 0 Å². The van der Waals surface area contributed by atoms with E-state index in [-0.39, 0.29) is 11.9 Å². The number of ether oxygens (including phenoxy) is 1. The van der Waals surface area contributed by atoms with Gasteiger partial charge in [0, 0.05) is 32.7 Å². The third-order valence-corrected chi connectivity index (χ3v) is 2.16. The van der Waals surface area contributed by atoms with Crippen molar-refractivity contribution in [1.29, 1.82) is 0 Å². The number of amides is 1. The third kappa shape index (κ3) is 5.94. The van der Waals surface area contributed by atoms with Crippen LogP contribution in [0.15, 0.2) is 0 Å². The average molecular weight is 202 g/mol. The quantitative estimate of drug-likeness (QED) is 0.615. The molecule has 0 aliphatic rings. The maximum Gasteiger partial charge on any atom is 0.223 e. The molecule has 0 spiro atoms. The molecule has 0 heterocycles. The maximum atomic E-state index is 11.5. The maximum absolute atomic E-state index is 11.5. The van der Waals surface area contributed by atoms with Crippen molar-refractivity contribution in [3.05, 3.63) is 0 Å². The van der Waals surface area contributed by atoms with Crippen LogP contribution in [0, 0.1) is 0 Å². The van der Waals surface area contributed by atoms with Gasteiger partial charge < -0.3 is 15.4 Å². The fourth-order valence-corrected chi connectivity index (χ4v) is 0.995. The molecular formula is C10H22N2O2. The Balaban J connectivity index is 3.64. The first-order chi connectivity index (χ1) is 6.61. The van der Waals surface area contributed by atoms with Crippen LogP contribution in [-0.2, 0) is 9.53 Å². The van der Waals surface area contributed by atoms with Gasteiger partial charge in [0.25, 0.3) is 0 Å². The van der Waals surface area contributed by atoms with Crippen molar-refractivity contribution < 1.29 is 9.53 Å². The van der Waals surface area contributed by atoms with Crippen molar-refractivity contribution in [1.82, 2.24) is 4.90 Å². The highest BCUT2D eigenvalue weighted by molar-refractivity contribution is 5.76. The van der Waals surface area contributed by atoms with Crippen LogP contribution in [0.3, 0.4) is 0 Å². The van der Waals surface area contributed by atoms with Crippen LogP contribution in [0.25, 0.3) is 0 Å². The third-order valence-electron chi connectivity index (χ3n) is 2.16. The summed E-state index contributed by atoms with van der Waals surface area (Å²) in [5, 5.41) is 0. The Labute approximate surface area is 86.4 Å². The van der Waals surface area contributed by atoms with Gasteiger partial charge in [-0.15, -0.1) is 0 Å². The molecule has 0 aliphatic carbocycles. The molecule has 4 nitrogen and oxygen atoms in total. The smallest absolute Gasteiger partial charge is 0.223 e. The molecule has 2 N–H and O–H groups in total. The van der Waals surface area contributed by atoms with Crippen molar-refractivity contribution in [2.24, 2.45) is 5.73 Å². The molecule has 1 amide bonds. The van der Waals surface area contributed by atoms with E-state index in [2.05, 4.69) is 0 Å². The van der Waals surface area contributed by atoms with Gasteiger partial charge in [0.15, 0.2) is 0 Å². The Morgan fingerprint density at radius 1 is 1.50 bits per heavy atom. The average Bonchev–Trinajstić information content (AvgIpc) is 2.17. The molecule has 14 heavy (non-hydrogen) atoms. The zero-order valence-electron chi connectivity index (χ0n) is 9.45. The fraction of sp³-hybridized carbons (Fsp3) is 0.900. The summed E-state index contributed by atoms with van der Waals surface area (Å²) < 4.78 is 5.16. The van der Waals surface area contributed by atoms with Crippen LogP contribution in [0.4, 0.5) is 0 Å². The minimum absolute atomic E-state index is 0.0166. The van der Waals surface area contributed by atoms with Crippen molar-refractivity contribution in [3.63, 3.8) is 0 Å². The molecule has 1 atom stereocenters. The second-order valence-corrected chi connectivity index (χ2v) is 3.38. The molecule has 0 aliphatic heterocycles. The summed E-state index contributed by atoms with van der Waals surface area (Å²) in [4.78, 5) is 13.2. The van der Waals surface area contributed by atoms with Crippen LogP contribution in [-0.4, -0.2) is 43.7 Å².